The molecule has 0 fully saturated rings. The van der Waals surface area contributed by atoms with Crippen molar-refractivity contribution < 1.29 is 27.1 Å². The van der Waals surface area contributed by atoms with Gasteiger partial charge in [0.15, 0.2) is 12.0 Å². The fourth-order valence-electron chi connectivity index (χ4n) is 3.47. The third-order valence-corrected chi connectivity index (χ3v) is 4.79. The number of alkyl halides is 3. The molecular weight excluding hydrogens is 428 g/mol. The molecule has 164 valence electrons. The molecule has 0 aliphatic heterocycles. The zero-order chi connectivity index (χ0) is 22.9. The number of rotatable bonds is 5. The molecule has 9 heteroatoms. The van der Waals surface area contributed by atoms with E-state index in [4.69, 9.17) is 4.74 Å². The molecule has 4 rings (SSSR count). The molecule has 0 atom stereocenters. The van der Waals surface area contributed by atoms with Gasteiger partial charge in [0, 0.05) is 16.8 Å². The number of carbonyl (C=O) groups excluding carboxylic acids is 1. The predicted molar refractivity (Wildman–Crippen MR) is 112 cm³/mol. The fraction of sp³-hybridized carbons (Fsp3) is 0.130. The topological polar surface area (TPSA) is 60.3 Å². The summed E-state index contributed by atoms with van der Waals surface area (Å²) in [6.07, 6.45) is -4.59. The van der Waals surface area contributed by atoms with E-state index in [0.717, 1.165) is 18.2 Å². The van der Waals surface area contributed by atoms with Crippen LogP contribution in [-0.2, 0) is 11.3 Å². The summed E-state index contributed by atoms with van der Waals surface area (Å²) in [5.74, 6) is -1.70. The number of anilines is 1. The van der Waals surface area contributed by atoms with Crippen molar-refractivity contribution in [3.63, 3.8) is 0 Å². The van der Waals surface area contributed by atoms with Gasteiger partial charge in [-0.3, -0.25) is 9.59 Å². The van der Waals surface area contributed by atoms with Crippen molar-refractivity contribution in [2.75, 3.05) is 11.9 Å². The number of carbonyl (C=O) groups is 1. The lowest BCUT2D eigenvalue weighted by Gasteiger charge is -2.17. The lowest BCUT2D eigenvalue weighted by molar-refractivity contribution is -0.153. The molecule has 0 saturated carbocycles. The molecule has 0 saturated heterocycles. The Hall–Kier alpha value is -3.88. The Morgan fingerprint density at radius 3 is 2.12 bits per heavy atom. The lowest BCUT2D eigenvalue weighted by atomic mass is 10.1. The van der Waals surface area contributed by atoms with Gasteiger partial charge in [-0.05, 0) is 36.4 Å². The van der Waals surface area contributed by atoms with E-state index in [-0.39, 0.29) is 23.4 Å². The van der Waals surface area contributed by atoms with Crippen LogP contribution in [-0.4, -0.2) is 23.3 Å². The Labute approximate surface area is 178 Å². The van der Waals surface area contributed by atoms with Crippen LogP contribution >= 0.6 is 0 Å². The molecule has 4 aromatic rings. The predicted octanol–water partition coefficient (Wildman–Crippen LogP) is 4.87. The highest BCUT2D eigenvalue weighted by Gasteiger charge is 2.29. The molecule has 1 N–H and O–H groups in total. The van der Waals surface area contributed by atoms with E-state index < -0.39 is 24.5 Å². The summed E-state index contributed by atoms with van der Waals surface area (Å²) in [6.45, 7) is -1.85. The highest BCUT2D eigenvalue weighted by molar-refractivity contribution is 5.97. The average molecular weight is 444 g/mol. The van der Waals surface area contributed by atoms with Gasteiger partial charge in [-0.25, -0.2) is 4.39 Å². The van der Waals surface area contributed by atoms with Gasteiger partial charge in [-0.2, -0.15) is 13.2 Å². The van der Waals surface area contributed by atoms with E-state index >= 15 is 0 Å². The summed E-state index contributed by atoms with van der Waals surface area (Å²) in [7, 11) is 0. The minimum absolute atomic E-state index is 0.180. The third-order valence-electron chi connectivity index (χ3n) is 4.79. The molecule has 0 bridgehead atoms. The van der Waals surface area contributed by atoms with Gasteiger partial charge in [0.05, 0.1) is 16.7 Å². The van der Waals surface area contributed by atoms with Gasteiger partial charge in [-0.1, -0.05) is 24.3 Å². The largest absolute Gasteiger partial charge is 0.482 e. The zero-order valence-corrected chi connectivity index (χ0v) is 16.4. The molecule has 1 amide bonds. The van der Waals surface area contributed by atoms with E-state index in [9.17, 15) is 27.2 Å². The van der Waals surface area contributed by atoms with Crippen LogP contribution in [0.25, 0.3) is 21.8 Å². The SMILES string of the molecule is O=C(Cn1c2ccccc2c(=O)c2ccccc21)Nc1cc(F)ccc1OCC(F)(F)F. The van der Waals surface area contributed by atoms with Gasteiger partial charge < -0.3 is 14.6 Å². The van der Waals surface area contributed by atoms with Crippen molar-refractivity contribution in [2.24, 2.45) is 0 Å². The number of pyridine rings is 1. The molecule has 0 aliphatic rings. The number of ether oxygens (including phenoxy) is 1. The molecule has 0 spiro atoms. The molecule has 1 aromatic heterocycles. The first kappa shape index (κ1) is 21.4. The van der Waals surface area contributed by atoms with Crippen LogP contribution in [0.2, 0.25) is 0 Å². The molecule has 0 aliphatic carbocycles. The van der Waals surface area contributed by atoms with Crippen molar-refractivity contribution >= 4 is 33.4 Å². The summed E-state index contributed by atoms with van der Waals surface area (Å²) in [5, 5.41) is 3.24. The van der Waals surface area contributed by atoms with Crippen molar-refractivity contribution in [3.05, 3.63) is 82.8 Å². The zero-order valence-electron chi connectivity index (χ0n) is 16.4. The van der Waals surface area contributed by atoms with E-state index in [1.165, 1.54) is 0 Å². The Bertz CT molecular complexity index is 1320. The second-order valence-electron chi connectivity index (χ2n) is 7.04. The highest BCUT2D eigenvalue weighted by atomic mass is 19.4. The number of halogens is 4. The van der Waals surface area contributed by atoms with Gasteiger partial charge in [0.25, 0.3) is 0 Å². The Balaban J connectivity index is 1.69. The van der Waals surface area contributed by atoms with Crippen LogP contribution in [0.5, 0.6) is 5.75 Å². The van der Waals surface area contributed by atoms with Gasteiger partial charge in [0.2, 0.25) is 5.91 Å². The van der Waals surface area contributed by atoms with Crippen LogP contribution in [0.3, 0.4) is 0 Å². The summed E-state index contributed by atoms with van der Waals surface area (Å²) >= 11 is 0. The van der Waals surface area contributed by atoms with E-state index in [1.807, 2.05) is 0 Å². The number of nitrogens with zero attached hydrogens (tertiary/aromatic N) is 1. The number of fused-ring (bicyclic) bond motifs is 2. The molecule has 5 nitrogen and oxygen atoms in total. The molecule has 32 heavy (non-hydrogen) atoms. The number of amides is 1. The average Bonchev–Trinajstić information content (AvgIpc) is 2.75. The van der Waals surface area contributed by atoms with Crippen molar-refractivity contribution in [3.8, 4) is 5.75 Å². The van der Waals surface area contributed by atoms with Crippen LogP contribution < -0.4 is 15.5 Å². The van der Waals surface area contributed by atoms with Crippen molar-refractivity contribution in [2.45, 2.75) is 12.7 Å². The van der Waals surface area contributed by atoms with Crippen molar-refractivity contribution in [1.82, 2.24) is 4.57 Å². The van der Waals surface area contributed by atoms with Gasteiger partial charge in [0.1, 0.15) is 18.1 Å². The van der Waals surface area contributed by atoms with E-state index in [1.54, 1.807) is 53.1 Å². The third kappa shape index (κ3) is 4.41. The smallest absolute Gasteiger partial charge is 0.422 e. The van der Waals surface area contributed by atoms with Gasteiger partial charge >= 0.3 is 6.18 Å². The maximum absolute atomic E-state index is 13.7. The number of hydrogen-bond acceptors (Lipinski definition) is 3. The summed E-state index contributed by atoms with van der Waals surface area (Å²) < 4.78 is 57.6. The standard InChI is InChI=1S/C23H16F4N2O3/c24-14-9-10-20(32-13-23(25,26)27)17(11-14)28-21(30)12-29-18-7-3-1-5-15(18)22(31)16-6-2-4-8-19(16)29/h1-11H,12-13H2,(H,28,30). The number of para-hydroxylation sites is 2. The van der Waals surface area contributed by atoms with Gasteiger partial charge in [-0.15, -0.1) is 0 Å². The lowest BCUT2D eigenvalue weighted by Crippen LogP contribution is -2.23. The molecule has 3 aromatic carbocycles. The number of hydrogen-bond donors (Lipinski definition) is 1. The quantitative estimate of drug-likeness (QED) is 0.353. The monoisotopic (exact) mass is 444 g/mol. The normalized spacial score (nSPS) is 11.6. The Morgan fingerprint density at radius 2 is 1.53 bits per heavy atom. The molecular formula is C23H16F4N2O3. The summed E-state index contributed by atoms with van der Waals surface area (Å²) in [6, 6.07) is 16.4. The minimum atomic E-state index is -4.59. The summed E-state index contributed by atoms with van der Waals surface area (Å²) in [5.41, 5.74) is 0.619. The van der Waals surface area contributed by atoms with Crippen LogP contribution in [0.4, 0.5) is 23.2 Å². The van der Waals surface area contributed by atoms with Crippen molar-refractivity contribution in [1.29, 1.82) is 0 Å². The minimum Gasteiger partial charge on any atom is -0.482 e. The maximum atomic E-state index is 13.7. The fourth-order valence-corrected chi connectivity index (χ4v) is 3.47. The first-order valence-electron chi connectivity index (χ1n) is 9.52. The van der Waals surface area contributed by atoms with E-state index in [0.29, 0.717) is 21.8 Å². The second kappa shape index (κ2) is 8.33. The Morgan fingerprint density at radius 1 is 0.938 bits per heavy atom. The Kier molecular flexibility index (Phi) is 5.56. The van der Waals surface area contributed by atoms with E-state index in [2.05, 4.69) is 5.32 Å². The van der Waals surface area contributed by atoms with Crippen LogP contribution in [0.15, 0.2) is 71.5 Å². The van der Waals surface area contributed by atoms with Crippen LogP contribution in [0, 0.1) is 5.82 Å². The number of benzene rings is 3. The summed E-state index contributed by atoms with van der Waals surface area (Å²) in [4.78, 5) is 25.6. The molecule has 1 heterocycles. The first-order valence-corrected chi connectivity index (χ1v) is 9.52. The molecule has 0 radical (unpaired) electrons. The molecule has 0 unspecified atom stereocenters. The number of nitrogens with one attached hydrogen (secondary N) is 1. The maximum Gasteiger partial charge on any atom is 0.422 e. The first-order chi connectivity index (χ1) is 15.2. The number of aromatic nitrogens is 1. The highest BCUT2D eigenvalue weighted by Crippen LogP contribution is 2.28. The second-order valence-corrected chi connectivity index (χ2v) is 7.04. The van der Waals surface area contributed by atoms with Crippen LogP contribution in [0.1, 0.15) is 0 Å².